The second kappa shape index (κ2) is 10.9. The van der Waals surface area contributed by atoms with Gasteiger partial charge in [0.25, 0.3) is 0 Å². The van der Waals surface area contributed by atoms with Crippen LogP contribution in [-0.2, 0) is 4.79 Å². The normalized spacial score (nSPS) is 20.7. The molecule has 0 aliphatic carbocycles. The van der Waals surface area contributed by atoms with Crippen LogP contribution in [-0.4, -0.2) is 84.0 Å². The van der Waals surface area contributed by atoms with Crippen LogP contribution in [0.15, 0.2) is 54.7 Å². The number of hydrogen-bond donors (Lipinski definition) is 0. The van der Waals surface area contributed by atoms with E-state index in [1.54, 1.807) is 0 Å². The van der Waals surface area contributed by atoms with Gasteiger partial charge in [-0.05, 0) is 37.6 Å². The second-order valence-electron chi connectivity index (χ2n) is 8.96. The summed E-state index contributed by atoms with van der Waals surface area (Å²) in [5, 5.41) is 0. The van der Waals surface area contributed by atoms with Crippen LogP contribution >= 0.6 is 0 Å². The Hall–Kier alpha value is -2.44. The number of carbonyl (C=O) groups is 1. The molecule has 2 aliphatic rings. The first kappa shape index (κ1) is 22.7. The van der Waals surface area contributed by atoms with Crippen molar-refractivity contribution in [1.82, 2.24) is 19.7 Å². The number of hydrogen-bond acceptors (Lipinski definition) is 5. The summed E-state index contributed by atoms with van der Waals surface area (Å²) in [6, 6.07) is 17.8. The van der Waals surface area contributed by atoms with E-state index in [9.17, 15) is 4.79 Å². The van der Waals surface area contributed by atoms with E-state index >= 15 is 0 Å². The van der Waals surface area contributed by atoms with E-state index in [1.807, 2.05) is 29.3 Å². The number of benzene rings is 1. The maximum atomic E-state index is 12.9. The minimum Gasteiger partial charge on any atom is -0.353 e. The molecule has 1 aromatic carbocycles. The lowest BCUT2D eigenvalue weighted by Gasteiger charge is -2.36. The van der Waals surface area contributed by atoms with E-state index in [0.717, 1.165) is 58.2 Å². The van der Waals surface area contributed by atoms with E-state index in [-0.39, 0.29) is 5.91 Å². The third-order valence-corrected chi connectivity index (χ3v) is 7.17. The Morgan fingerprint density at radius 2 is 1.81 bits per heavy atom. The number of nitrogens with zero attached hydrogens (tertiary/aromatic N) is 5. The predicted molar refractivity (Wildman–Crippen MR) is 130 cm³/mol. The van der Waals surface area contributed by atoms with Gasteiger partial charge in [0.05, 0.1) is 0 Å². The number of amides is 1. The molecule has 0 bridgehead atoms. The fourth-order valence-corrected chi connectivity index (χ4v) is 5.08. The first-order chi connectivity index (χ1) is 15.7. The first-order valence-electron chi connectivity index (χ1n) is 12.1. The monoisotopic (exact) mass is 435 g/mol. The van der Waals surface area contributed by atoms with Crippen LogP contribution in [0.4, 0.5) is 5.82 Å². The zero-order valence-electron chi connectivity index (χ0n) is 19.6. The molecule has 6 nitrogen and oxygen atoms in total. The van der Waals surface area contributed by atoms with Crippen molar-refractivity contribution >= 4 is 11.7 Å². The lowest BCUT2D eigenvalue weighted by molar-refractivity contribution is -0.131. The fraction of sp³-hybridized carbons (Fsp3) is 0.538. The highest BCUT2D eigenvalue weighted by Gasteiger charge is 2.30. The first-order valence-corrected chi connectivity index (χ1v) is 12.1. The minimum atomic E-state index is 0.289. The Labute approximate surface area is 192 Å². The lowest BCUT2D eigenvalue weighted by atomic mass is 10.1. The maximum Gasteiger partial charge on any atom is 0.223 e. The van der Waals surface area contributed by atoms with Crippen LogP contribution in [0.3, 0.4) is 0 Å². The molecule has 2 fully saturated rings. The minimum absolute atomic E-state index is 0.289. The Kier molecular flexibility index (Phi) is 7.76. The van der Waals surface area contributed by atoms with Crippen LogP contribution in [0.5, 0.6) is 0 Å². The summed E-state index contributed by atoms with van der Waals surface area (Å²) in [6.07, 6.45) is 3.63. The standard InChI is InChI=1S/C26H37N5O/c1-3-28(24-12-15-31(21-24)22(2)23-9-5-4-6-10-23)16-13-26(32)30-19-17-29(18-20-30)25-11-7-8-14-27-25/h4-11,14,22,24H,3,12-13,15-21H2,1-2H3/t22-,24+/m0/s1. The molecule has 0 radical (unpaired) electrons. The highest BCUT2D eigenvalue weighted by molar-refractivity contribution is 5.76. The Balaban J connectivity index is 1.23. The third-order valence-electron chi connectivity index (χ3n) is 7.17. The zero-order chi connectivity index (χ0) is 22.3. The molecule has 4 rings (SSSR count). The summed E-state index contributed by atoms with van der Waals surface area (Å²) in [6.45, 7) is 11.9. The molecule has 3 heterocycles. The lowest BCUT2D eigenvalue weighted by Crippen LogP contribution is -2.49. The van der Waals surface area contributed by atoms with Crippen LogP contribution in [0, 0.1) is 0 Å². The van der Waals surface area contributed by atoms with Crippen LogP contribution in [0.25, 0.3) is 0 Å². The van der Waals surface area contributed by atoms with E-state index < -0.39 is 0 Å². The number of aromatic nitrogens is 1. The van der Waals surface area contributed by atoms with E-state index in [4.69, 9.17) is 0 Å². The average Bonchev–Trinajstić information content (AvgIpc) is 3.35. The van der Waals surface area contributed by atoms with E-state index in [0.29, 0.717) is 18.5 Å². The quantitative estimate of drug-likeness (QED) is 0.637. The molecule has 6 heteroatoms. The van der Waals surface area contributed by atoms with E-state index in [2.05, 4.69) is 63.9 Å². The van der Waals surface area contributed by atoms with Crippen LogP contribution in [0.2, 0.25) is 0 Å². The van der Waals surface area contributed by atoms with Gasteiger partial charge < -0.3 is 9.80 Å². The highest BCUT2D eigenvalue weighted by Crippen LogP contribution is 2.26. The topological polar surface area (TPSA) is 42.9 Å². The number of piperazine rings is 1. The Morgan fingerprint density at radius 3 is 2.50 bits per heavy atom. The fourth-order valence-electron chi connectivity index (χ4n) is 5.08. The Bertz CT molecular complexity index is 838. The van der Waals surface area contributed by atoms with Gasteiger partial charge in [-0.15, -0.1) is 0 Å². The molecule has 0 N–H and O–H groups in total. The van der Waals surface area contributed by atoms with Crippen molar-refractivity contribution in [1.29, 1.82) is 0 Å². The van der Waals surface area contributed by atoms with Gasteiger partial charge in [-0.2, -0.15) is 0 Å². The summed E-state index contributed by atoms with van der Waals surface area (Å²) in [4.78, 5) is 26.7. The number of likely N-dealkylation sites (N-methyl/N-ethyl adjacent to an activating group) is 1. The summed E-state index contributed by atoms with van der Waals surface area (Å²) in [5.74, 6) is 1.30. The van der Waals surface area contributed by atoms with Gasteiger partial charge in [-0.1, -0.05) is 43.3 Å². The van der Waals surface area contributed by atoms with Gasteiger partial charge in [-0.3, -0.25) is 14.6 Å². The van der Waals surface area contributed by atoms with Gasteiger partial charge in [0.1, 0.15) is 5.82 Å². The van der Waals surface area contributed by atoms with Gasteiger partial charge >= 0.3 is 0 Å². The largest absolute Gasteiger partial charge is 0.353 e. The molecule has 0 saturated carbocycles. The molecule has 1 amide bonds. The van der Waals surface area contributed by atoms with Gasteiger partial charge in [0, 0.05) is 70.5 Å². The molecule has 2 saturated heterocycles. The van der Waals surface area contributed by atoms with Crippen molar-refractivity contribution in [2.75, 3.05) is 57.3 Å². The van der Waals surface area contributed by atoms with Gasteiger partial charge in [-0.25, -0.2) is 4.98 Å². The summed E-state index contributed by atoms with van der Waals surface area (Å²) < 4.78 is 0. The number of anilines is 1. The summed E-state index contributed by atoms with van der Waals surface area (Å²) in [7, 11) is 0. The second-order valence-corrected chi connectivity index (χ2v) is 8.96. The third kappa shape index (κ3) is 5.48. The SMILES string of the molecule is CCN(CCC(=O)N1CCN(c2ccccn2)CC1)[C@@H]1CCN([C@@H](C)c2ccccc2)C1. The number of pyridine rings is 1. The van der Waals surface area contributed by atoms with Crippen molar-refractivity contribution in [2.45, 2.75) is 38.8 Å². The molecular formula is C26H37N5O. The number of likely N-dealkylation sites (tertiary alicyclic amines) is 1. The summed E-state index contributed by atoms with van der Waals surface area (Å²) >= 11 is 0. The highest BCUT2D eigenvalue weighted by atomic mass is 16.2. The Morgan fingerprint density at radius 1 is 1.06 bits per heavy atom. The smallest absolute Gasteiger partial charge is 0.223 e. The molecule has 2 aromatic rings. The average molecular weight is 436 g/mol. The number of rotatable bonds is 8. The van der Waals surface area contributed by atoms with Crippen molar-refractivity contribution in [3.8, 4) is 0 Å². The van der Waals surface area contributed by atoms with Crippen molar-refractivity contribution < 1.29 is 4.79 Å². The summed E-state index contributed by atoms with van der Waals surface area (Å²) in [5.41, 5.74) is 1.39. The molecule has 1 aromatic heterocycles. The van der Waals surface area contributed by atoms with Crippen molar-refractivity contribution in [2.24, 2.45) is 0 Å². The van der Waals surface area contributed by atoms with Gasteiger partial charge in [0.2, 0.25) is 5.91 Å². The van der Waals surface area contributed by atoms with E-state index in [1.165, 1.54) is 12.0 Å². The van der Waals surface area contributed by atoms with Crippen molar-refractivity contribution in [3.05, 3.63) is 60.3 Å². The van der Waals surface area contributed by atoms with Crippen molar-refractivity contribution in [3.63, 3.8) is 0 Å². The number of carbonyl (C=O) groups excluding carboxylic acids is 1. The molecule has 2 aliphatic heterocycles. The molecule has 172 valence electrons. The molecule has 2 atom stereocenters. The van der Waals surface area contributed by atoms with Gasteiger partial charge in [0.15, 0.2) is 0 Å². The predicted octanol–water partition coefficient (Wildman–Crippen LogP) is 3.28. The molecular weight excluding hydrogens is 398 g/mol. The zero-order valence-corrected chi connectivity index (χ0v) is 19.6. The van der Waals surface area contributed by atoms with Crippen LogP contribution in [0.1, 0.15) is 38.3 Å². The van der Waals surface area contributed by atoms with Crippen LogP contribution < -0.4 is 4.90 Å². The maximum absolute atomic E-state index is 12.9. The molecule has 0 spiro atoms. The molecule has 32 heavy (non-hydrogen) atoms. The molecule has 0 unspecified atom stereocenters.